The van der Waals surface area contributed by atoms with Crippen LogP contribution in [0.1, 0.15) is 48.0 Å². The van der Waals surface area contributed by atoms with Gasteiger partial charge in [-0.15, -0.1) is 5.54 Å². The Morgan fingerprint density at radius 3 is 1.97 bits per heavy atom. The molecule has 0 aliphatic heterocycles. The van der Waals surface area contributed by atoms with Gasteiger partial charge in [-0.3, -0.25) is 0 Å². The number of rotatable bonds is 13. The zero-order chi connectivity index (χ0) is 26.8. The molecular weight excluding hydrogens is 469 g/mol. The molecule has 0 unspecified atom stereocenters. The molecule has 0 aliphatic carbocycles. The summed E-state index contributed by atoms with van der Waals surface area (Å²) in [7, 11) is -4.46. The maximum Gasteiger partial charge on any atom is 0.192 e. The van der Waals surface area contributed by atoms with Crippen molar-refractivity contribution in [2.24, 2.45) is 5.41 Å². The van der Waals surface area contributed by atoms with Crippen molar-refractivity contribution in [1.29, 1.82) is 0 Å². The van der Waals surface area contributed by atoms with Gasteiger partial charge in [0.15, 0.2) is 8.32 Å². The summed E-state index contributed by atoms with van der Waals surface area (Å²) in [5.74, 6) is 3.27. The molecule has 0 radical (unpaired) electrons. The average Bonchev–Trinajstić information content (AvgIpc) is 2.62. The van der Waals surface area contributed by atoms with E-state index in [9.17, 15) is 0 Å². The van der Waals surface area contributed by atoms with Gasteiger partial charge in [0.2, 0.25) is 0 Å². The van der Waals surface area contributed by atoms with Crippen molar-refractivity contribution in [3.63, 3.8) is 0 Å². The molecule has 0 aromatic heterocycles. The molecule has 0 bridgehead atoms. The second-order valence-electron chi connectivity index (χ2n) is 13.8. The van der Waals surface area contributed by atoms with Gasteiger partial charge in [-0.25, -0.2) is 0 Å². The van der Waals surface area contributed by atoms with E-state index in [1.807, 2.05) is 13.0 Å². The lowest BCUT2D eigenvalue weighted by Gasteiger charge is -2.46. The van der Waals surface area contributed by atoms with Crippen LogP contribution in [-0.2, 0) is 13.9 Å². The third-order valence-corrected chi connectivity index (χ3v) is 13.6. The fourth-order valence-corrected chi connectivity index (χ4v) is 5.72. The van der Waals surface area contributed by atoms with E-state index in [1.165, 1.54) is 0 Å². The zero-order valence-electron chi connectivity index (χ0n) is 25.0. The van der Waals surface area contributed by atoms with Crippen LogP contribution in [-0.4, -0.2) is 50.1 Å². The molecule has 198 valence electrons. The lowest BCUT2D eigenvalue weighted by molar-refractivity contribution is -0.125. The molecule has 0 aromatic carbocycles. The van der Waals surface area contributed by atoms with Gasteiger partial charge in [-0.1, -0.05) is 98.0 Å². The van der Waals surface area contributed by atoms with E-state index in [1.54, 1.807) is 0 Å². The monoisotopic (exact) mass is 524 g/mol. The van der Waals surface area contributed by atoms with Crippen molar-refractivity contribution in [2.75, 3.05) is 13.4 Å². The van der Waals surface area contributed by atoms with Crippen LogP contribution in [0.4, 0.5) is 0 Å². The molecule has 0 amide bonds. The Hall–Kier alpha value is -0.429. The van der Waals surface area contributed by atoms with Crippen LogP contribution in [0.25, 0.3) is 0 Å². The van der Waals surface area contributed by atoms with Crippen LogP contribution in [0.15, 0.2) is 24.3 Å². The highest BCUT2D eigenvalue weighted by Gasteiger charge is 2.45. The Morgan fingerprint density at radius 1 is 0.912 bits per heavy atom. The lowest BCUT2D eigenvalue weighted by Crippen LogP contribution is -2.51. The van der Waals surface area contributed by atoms with Gasteiger partial charge >= 0.3 is 0 Å². The molecule has 3 nitrogen and oxygen atoms in total. The molecule has 6 heteroatoms. The maximum atomic E-state index is 7.01. The first-order valence-electron chi connectivity index (χ1n) is 12.9. The number of allylic oxidation sites excluding steroid dienone is 2. The van der Waals surface area contributed by atoms with Gasteiger partial charge in [0.25, 0.3) is 0 Å². The lowest BCUT2D eigenvalue weighted by atomic mass is 9.79. The average molecular weight is 525 g/mol. The normalized spacial score (nSPS) is 16.1. The van der Waals surface area contributed by atoms with Crippen LogP contribution >= 0.6 is 0 Å². The molecule has 34 heavy (non-hydrogen) atoms. The van der Waals surface area contributed by atoms with Gasteiger partial charge in [0.1, 0.15) is 14.9 Å². The Kier molecular flexibility index (Phi) is 13.6. The smallest absolute Gasteiger partial charge is 0.192 e. The molecule has 0 aromatic rings. The first-order valence-corrected chi connectivity index (χ1v) is 23.0. The summed E-state index contributed by atoms with van der Waals surface area (Å²) < 4.78 is 19.2. The van der Waals surface area contributed by atoms with Crippen molar-refractivity contribution in [2.45, 2.75) is 124 Å². The SMILES string of the molecule is C/C=C/[C@H](OCOCC[Si](C)(C)C)C(C)(C)[C@H](C/C=C\C#C[Si](C)(C)C)O[Si](C)(C)C(C)(C)C. The van der Waals surface area contributed by atoms with Crippen LogP contribution in [0.5, 0.6) is 0 Å². The number of hydrogen-bond donors (Lipinski definition) is 0. The first-order chi connectivity index (χ1) is 15.2. The number of ether oxygens (including phenoxy) is 2. The van der Waals surface area contributed by atoms with Gasteiger partial charge in [-0.05, 0) is 43.6 Å². The highest BCUT2D eigenvalue weighted by molar-refractivity contribution is 6.83. The molecule has 0 aliphatic rings. The van der Waals surface area contributed by atoms with Crippen molar-refractivity contribution < 1.29 is 13.9 Å². The van der Waals surface area contributed by atoms with Crippen LogP contribution in [0, 0.1) is 16.9 Å². The molecule has 0 saturated carbocycles. The standard InChI is InChI=1S/C28H56O3Si3/c1-15-19-25(30-24-29-21-23-33(10,11)12)28(5,6)26(31-34(13,14)27(2,3)4)20-17-16-18-22-32(7,8)9/h15-17,19,25-26H,20-21,23-24H2,1-14H3/b17-16-,19-15+/t25-,26-/m0/s1. The van der Waals surface area contributed by atoms with E-state index >= 15 is 0 Å². The van der Waals surface area contributed by atoms with E-state index in [0.717, 1.165) is 19.1 Å². The predicted octanol–water partition coefficient (Wildman–Crippen LogP) is 8.50. The highest BCUT2D eigenvalue weighted by Crippen LogP contribution is 2.42. The quantitative estimate of drug-likeness (QED) is 0.0794. The van der Waals surface area contributed by atoms with Gasteiger partial charge in [0.05, 0.1) is 12.2 Å². The van der Waals surface area contributed by atoms with Crippen molar-refractivity contribution in [3.05, 3.63) is 24.3 Å². The molecule has 0 saturated heterocycles. The summed E-state index contributed by atoms with van der Waals surface area (Å²) in [6.07, 6.45) is 9.16. The molecule has 0 spiro atoms. The van der Waals surface area contributed by atoms with E-state index in [-0.39, 0.29) is 22.7 Å². The molecule has 0 heterocycles. The molecule has 0 rings (SSSR count). The molecule has 0 N–H and O–H groups in total. The van der Waals surface area contributed by atoms with Crippen LogP contribution in [0.2, 0.25) is 63.5 Å². The fraction of sp³-hybridized carbons (Fsp3) is 0.786. The van der Waals surface area contributed by atoms with E-state index in [2.05, 4.69) is 117 Å². The summed E-state index contributed by atoms with van der Waals surface area (Å²) in [6, 6.07) is 1.15. The summed E-state index contributed by atoms with van der Waals surface area (Å²) in [6.45, 7) is 33.1. The van der Waals surface area contributed by atoms with Crippen molar-refractivity contribution in [3.8, 4) is 11.5 Å². The largest absolute Gasteiger partial charge is 0.413 e. The Labute approximate surface area is 216 Å². The third-order valence-electron chi connectivity index (χ3n) is 6.50. The second kappa shape index (κ2) is 13.8. The summed E-state index contributed by atoms with van der Waals surface area (Å²) in [5.41, 5.74) is 3.19. The molecule has 2 atom stereocenters. The Balaban J connectivity index is 5.68. The fourth-order valence-electron chi connectivity index (χ4n) is 2.98. The maximum absolute atomic E-state index is 7.01. The van der Waals surface area contributed by atoms with E-state index in [0.29, 0.717) is 6.79 Å². The Morgan fingerprint density at radius 2 is 1.50 bits per heavy atom. The summed E-state index contributed by atoms with van der Waals surface area (Å²) in [5, 5.41) is 0.138. The van der Waals surface area contributed by atoms with Crippen molar-refractivity contribution >= 4 is 24.5 Å². The molecule has 0 fully saturated rings. The third kappa shape index (κ3) is 13.6. The van der Waals surface area contributed by atoms with E-state index in [4.69, 9.17) is 13.9 Å². The Bertz CT molecular complexity index is 708. The van der Waals surface area contributed by atoms with Gasteiger partial charge in [0, 0.05) is 20.1 Å². The van der Waals surface area contributed by atoms with Gasteiger partial charge in [-0.2, -0.15) is 0 Å². The minimum absolute atomic E-state index is 0.0153. The summed E-state index contributed by atoms with van der Waals surface area (Å²) >= 11 is 0. The molecular formula is C28H56O3Si3. The van der Waals surface area contributed by atoms with Gasteiger partial charge < -0.3 is 13.9 Å². The predicted molar refractivity (Wildman–Crippen MR) is 159 cm³/mol. The zero-order valence-corrected chi connectivity index (χ0v) is 28.0. The van der Waals surface area contributed by atoms with E-state index < -0.39 is 24.5 Å². The highest BCUT2D eigenvalue weighted by atomic mass is 28.4. The minimum Gasteiger partial charge on any atom is -0.413 e. The minimum atomic E-state index is -1.98. The number of hydrogen-bond acceptors (Lipinski definition) is 3. The van der Waals surface area contributed by atoms with Crippen LogP contribution < -0.4 is 0 Å². The first kappa shape index (κ1) is 33.6. The topological polar surface area (TPSA) is 27.7 Å². The van der Waals surface area contributed by atoms with Crippen molar-refractivity contribution in [1.82, 2.24) is 0 Å². The second-order valence-corrected chi connectivity index (χ2v) is 28.9. The van der Waals surface area contributed by atoms with Crippen LogP contribution in [0.3, 0.4) is 0 Å². The summed E-state index contributed by atoms with van der Waals surface area (Å²) in [4.78, 5) is 0.